The predicted molar refractivity (Wildman–Crippen MR) is 71.0 cm³/mol. The van der Waals surface area contributed by atoms with E-state index in [1.54, 1.807) is 0 Å². The molecule has 17 heavy (non-hydrogen) atoms. The minimum Gasteiger partial charge on any atom is -0.383 e. The van der Waals surface area contributed by atoms with Gasteiger partial charge in [-0.2, -0.15) is 0 Å². The highest BCUT2D eigenvalue weighted by Crippen LogP contribution is 2.30. The molecule has 1 aliphatic carbocycles. The molecule has 3 heteroatoms. The lowest BCUT2D eigenvalue weighted by Crippen LogP contribution is -2.51. The van der Waals surface area contributed by atoms with E-state index in [9.17, 15) is 0 Å². The molecule has 1 fully saturated rings. The maximum Gasteiger partial charge on any atom is 0.0722 e. The van der Waals surface area contributed by atoms with Crippen LogP contribution in [-0.2, 0) is 0 Å². The first-order chi connectivity index (χ1) is 8.27. The monoisotopic (exact) mass is 227 g/mol. The number of pyridine rings is 1. The second kappa shape index (κ2) is 4.00. The zero-order valence-corrected chi connectivity index (χ0v) is 9.82. The highest BCUT2D eigenvalue weighted by molar-refractivity contribution is 5.90. The first kappa shape index (κ1) is 10.5. The average molecular weight is 227 g/mol. The molecule has 0 radical (unpaired) electrons. The Kier molecular flexibility index (Phi) is 2.48. The molecule has 1 aromatic heterocycles. The maximum absolute atomic E-state index is 6.22. The normalized spacial score (nSPS) is 17.7. The molecule has 0 bridgehead atoms. The maximum atomic E-state index is 6.22. The first-order valence-electron chi connectivity index (χ1n) is 6.13. The fourth-order valence-electron chi connectivity index (χ4n) is 2.33. The Hall–Kier alpha value is -1.61. The van der Waals surface area contributed by atoms with Crippen LogP contribution in [0.5, 0.6) is 0 Å². The van der Waals surface area contributed by atoms with Crippen LogP contribution in [0.2, 0.25) is 0 Å². The van der Waals surface area contributed by atoms with Gasteiger partial charge in [-0.1, -0.05) is 18.2 Å². The summed E-state index contributed by atoms with van der Waals surface area (Å²) in [5.74, 6) is 0. The molecule has 88 valence electrons. The van der Waals surface area contributed by atoms with E-state index < -0.39 is 0 Å². The van der Waals surface area contributed by atoms with Crippen LogP contribution in [0.4, 0.5) is 5.69 Å². The van der Waals surface area contributed by atoms with Gasteiger partial charge in [-0.05, 0) is 31.4 Å². The Morgan fingerprint density at radius 3 is 2.82 bits per heavy atom. The zero-order chi connectivity index (χ0) is 11.7. The Bertz CT molecular complexity index is 526. The van der Waals surface area contributed by atoms with E-state index in [0.29, 0.717) is 0 Å². The van der Waals surface area contributed by atoms with E-state index in [1.807, 2.05) is 30.5 Å². The van der Waals surface area contributed by atoms with Crippen molar-refractivity contribution in [3.8, 4) is 0 Å². The summed E-state index contributed by atoms with van der Waals surface area (Å²) < 4.78 is 0. The zero-order valence-electron chi connectivity index (χ0n) is 9.82. The standard InChI is InChI=1S/C14H17N3/c15-14(7-3-8-14)10-17-13-6-9-16-12-5-2-1-4-11(12)13/h1-2,4-6,9H,3,7-8,10,15H2,(H,16,17). The molecule has 0 spiro atoms. The highest BCUT2D eigenvalue weighted by atomic mass is 15.0. The molecule has 0 amide bonds. The lowest BCUT2D eigenvalue weighted by Gasteiger charge is -2.38. The highest BCUT2D eigenvalue weighted by Gasteiger charge is 2.32. The summed E-state index contributed by atoms with van der Waals surface area (Å²) >= 11 is 0. The summed E-state index contributed by atoms with van der Waals surface area (Å²) in [7, 11) is 0. The number of hydrogen-bond donors (Lipinski definition) is 2. The topological polar surface area (TPSA) is 50.9 Å². The van der Waals surface area contributed by atoms with Gasteiger partial charge in [-0.25, -0.2) is 0 Å². The van der Waals surface area contributed by atoms with Crippen molar-refractivity contribution in [1.29, 1.82) is 0 Å². The second-order valence-electron chi connectivity index (χ2n) is 4.95. The van der Waals surface area contributed by atoms with Crippen LogP contribution in [0.25, 0.3) is 10.9 Å². The minimum absolute atomic E-state index is 0.00434. The number of para-hydroxylation sites is 1. The van der Waals surface area contributed by atoms with Crippen molar-refractivity contribution in [1.82, 2.24) is 4.98 Å². The number of nitrogens with zero attached hydrogens (tertiary/aromatic N) is 1. The van der Waals surface area contributed by atoms with Gasteiger partial charge in [-0.3, -0.25) is 4.98 Å². The predicted octanol–water partition coefficient (Wildman–Crippen LogP) is 2.53. The molecule has 3 N–H and O–H groups in total. The van der Waals surface area contributed by atoms with E-state index in [1.165, 1.54) is 6.42 Å². The number of aromatic nitrogens is 1. The smallest absolute Gasteiger partial charge is 0.0722 e. The molecule has 1 saturated carbocycles. The van der Waals surface area contributed by atoms with Gasteiger partial charge in [0.1, 0.15) is 0 Å². The third-order valence-electron chi connectivity index (χ3n) is 3.63. The number of nitrogens with two attached hydrogens (primary N) is 1. The summed E-state index contributed by atoms with van der Waals surface area (Å²) in [6.07, 6.45) is 5.36. The van der Waals surface area contributed by atoms with Gasteiger partial charge < -0.3 is 11.1 Å². The van der Waals surface area contributed by atoms with Crippen molar-refractivity contribution >= 4 is 16.6 Å². The number of anilines is 1. The number of rotatable bonds is 3. The SMILES string of the molecule is NC1(CNc2ccnc3ccccc23)CCC1. The van der Waals surface area contributed by atoms with Gasteiger partial charge in [0.25, 0.3) is 0 Å². The summed E-state index contributed by atoms with van der Waals surface area (Å²) in [5.41, 5.74) is 8.38. The molecule has 0 atom stereocenters. The molecule has 2 aromatic rings. The Balaban J connectivity index is 1.85. The van der Waals surface area contributed by atoms with Crippen molar-refractivity contribution in [2.75, 3.05) is 11.9 Å². The van der Waals surface area contributed by atoms with Crippen LogP contribution in [0.15, 0.2) is 36.5 Å². The average Bonchev–Trinajstić information content (AvgIpc) is 2.34. The Morgan fingerprint density at radius 2 is 2.06 bits per heavy atom. The largest absolute Gasteiger partial charge is 0.383 e. The van der Waals surface area contributed by atoms with Crippen LogP contribution in [0.3, 0.4) is 0 Å². The van der Waals surface area contributed by atoms with Crippen LogP contribution in [-0.4, -0.2) is 17.1 Å². The number of fused-ring (bicyclic) bond motifs is 1. The minimum atomic E-state index is 0.00434. The second-order valence-corrected chi connectivity index (χ2v) is 4.95. The molecule has 0 aliphatic heterocycles. The van der Waals surface area contributed by atoms with Gasteiger partial charge >= 0.3 is 0 Å². The van der Waals surface area contributed by atoms with Crippen LogP contribution < -0.4 is 11.1 Å². The molecular weight excluding hydrogens is 210 g/mol. The van der Waals surface area contributed by atoms with Gasteiger partial charge in [-0.15, -0.1) is 0 Å². The lowest BCUT2D eigenvalue weighted by molar-refractivity contribution is 0.265. The Morgan fingerprint density at radius 1 is 1.24 bits per heavy atom. The molecule has 0 saturated heterocycles. The number of nitrogens with one attached hydrogen (secondary N) is 1. The van der Waals surface area contributed by atoms with E-state index in [2.05, 4.69) is 16.4 Å². The quantitative estimate of drug-likeness (QED) is 0.847. The molecule has 0 unspecified atom stereocenters. The van der Waals surface area contributed by atoms with Crippen LogP contribution in [0.1, 0.15) is 19.3 Å². The summed E-state index contributed by atoms with van der Waals surface area (Å²) in [5, 5.41) is 4.63. The van der Waals surface area contributed by atoms with E-state index in [0.717, 1.165) is 36.0 Å². The molecular formula is C14H17N3. The molecule has 3 rings (SSSR count). The summed E-state index contributed by atoms with van der Waals surface area (Å²) in [4.78, 5) is 4.35. The fourth-order valence-corrected chi connectivity index (χ4v) is 2.33. The van der Waals surface area contributed by atoms with Gasteiger partial charge in [0, 0.05) is 29.4 Å². The molecule has 1 aromatic carbocycles. The van der Waals surface area contributed by atoms with Crippen LogP contribution in [0, 0.1) is 0 Å². The van der Waals surface area contributed by atoms with Gasteiger partial charge in [0.2, 0.25) is 0 Å². The first-order valence-corrected chi connectivity index (χ1v) is 6.13. The van der Waals surface area contributed by atoms with Crippen molar-refractivity contribution in [2.24, 2.45) is 5.73 Å². The molecule has 3 nitrogen and oxygen atoms in total. The van der Waals surface area contributed by atoms with Gasteiger partial charge in [0.05, 0.1) is 5.52 Å². The van der Waals surface area contributed by atoms with Crippen molar-refractivity contribution in [3.05, 3.63) is 36.5 Å². The third kappa shape index (κ3) is 1.98. The van der Waals surface area contributed by atoms with Crippen molar-refractivity contribution < 1.29 is 0 Å². The Labute approximate surface area is 101 Å². The van der Waals surface area contributed by atoms with Crippen molar-refractivity contribution in [3.63, 3.8) is 0 Å². The fraction of sp³-hybridized carbons (Fsp3) is 0.357. The number of benzene rings is 1. The van der Waals surface area contributed by atoms with E-state index >= 15 is 0 Å². The van der Waals surface area contributed by atoms with E-state index in [4.69, 9.17) is 5.73 Å². The lowest BCUT2D eigenvalue weighted by atomic mass is 9.78. The van der Waals surface area contributed by atoms with Gasteiger partial charge in [0.15, 0.2) is 0 Å². The van der Waals surface area contributed by atoms with E-state index in [-0.39, 0.29) is 5.54 Å². The summed E-state index contributed by atoms with van der Waals surface area (Å²) in [6, 6.07) is 10.2. The van der Waals surface area contributed by atoms with Crippen LogP contribution >= 0.6 is 0 Å². The molecule has 1 heterocycles. The van der Waals surface area contributed by atoms with Crippen molar-refractivity contribution in [2.45, 2.75) is 24.8 Å². The number of hydrogen-bond acceptors (Lipinski definition) is 3. The molecule has 1 aliphatic rings. The summed E-state index contributed by atoms with van der Waals surface area (Å²) in [6.45, 7) is 0.848. The third-order valence-corrected chi connectivity index (χ3v) is 3.63.